The molecule has 0 saturated carbocycles. The zero-order chi connectivity index (χ0) is 20.5. The number of carbonyl (C=O) groups is 2. The lowest BCUT2D eigenvalue weighted by atomic mass is 10.1. The topological polar surface area (TPSA) is 93.0 Å². The van der Waals surface area contributed by atoms with Gasteiger partial charge in [-0.1, -0.05) is 18.2 Å². The summed E-state index contributed by atoms with van der Waals surface area (Å²) in [7, 11) is 0. The molecular formula is C21H18N6O2S. The average Bonchev–Trinajstić information content (AvgIpc) is 3.42. The predicted octanol–water partition coefficient (Wildman–Crippen LogP) is 3.65. The third-order valence-electron chi connectivity index (χ3n) is 4.99. The Hall–Kier alpha value is -3.59. The molecule has 2 amide bonds. The molecule has 0 atom stereocenters. The molecule has 0 unspecified atom stereocenters. The molecular weight excluding hydrogens is 400 g/mol. The molecule has 0 radical (unpaired) electrons. The van der Waals surface area contributed by atoms with Crippen molar-refractivity contribution < 1.29 is 9.59 Å². The Kier molecular flexibility index (Phi) is 4.72. The van der Waals surface area contributed by atoms with E-state index in [9.17, 15) is 9.59 Å². The van der Waals surface area contributed by atoms with Crippen LogP contribution in [0, 0.1) is 0 Å². The zero-order valence-corrected chi connectivity index (χ0v) is 16.8. The molecule has 3 aromatic heterocycles. The molecule has 1 saturated heterocycles. The maximum atomic E-state index is 12.8. The number of fused-ring (bicyclic) bond motifs is 1. The van der Waals surface area contributed by atoms with Gasteiger partial charge in [0.1, 0.15) is 5.69 Å². The van der Waals surface area contributed by atoms with Gasteiger partial charge in [0.25, 0.3) is 5.91 Å². The fourth-order valence-electron chi connectivity index (χ4n) is 3.50. The molecule has 1 fully saturated rings. The molecule has 4 aromatic rings. The van der Waals surface area contributed by atoms with Crippen LogP contribution in [0.5, 0.6) is 0 Å². The number of pyridine rings is 1. The highest BCUT2D eigenvalue weighted by atomic mass is 32.1. The Morgan fingerprint density at radius 2 is 2.07 bits per heavy atom. The Morgan fingerprint density at radius 1 is 1.17 bits per heavy atom. The Bertz CT molecular complexity index is 1210. The molecule has 150 valence electrons. The molecule has 1 aliphatic heterocycles. The predicted molar refractivity (Wildman–Crippen MR) is 115 cm³/mol. The monoisotopic (exact) mass is 418 g/mol. The third-order valence-corrected chi connectivity index (χ3v) is 5.83. The highest BCUT2D eigenvalue weighted by Gasteiger charge is 2.23. The number of piperidine rings is 1. The fourth-order valence-corrected chi connectivity index (χ4v) is 4.23. The summed E-state index contributed by atoms with van der Waals surface area (Å²) in [4.78, 5) is 35.4. The highest BCUT2D eigenvalue weighted by molar-refractivity contribution is 7.12. The second kappa shape index (κ2) is 7.68. The van der Waals surface area contributed by atoms with E-state index in [4.69, 9.17) is 0 Å². The maximum absolute atomic E-state index is 12.8. The normalized spacial score (nSPS) is 14.3. The first kappa shape index (κ1) is 18.4. The number of carbonyl (C=O) groups excluding carboxylic acids is 2. The summed E-state index contributed by atoms with van der Waals surface area (Å²) < 4.78 is 1.67. The van der Waals surface area contributed by atoms with Gasteiger partial charge in [-0.2, -0.15) is 5.10 Å². The van der Waals surface area contributed by atoms with Gasteiger partial charge in [-0.15, -0.1) is 11.3 Å². The lowest BCUT2D eigenvalue weighted by molar-refractivity contribution is -0.119. The van der Waals surface area contributed by atoms with Crippen molar-refractivity contribution in [1.82, 2.24) is 19.7 Å². The summed E-state index contributed by atoms with van der Waals surface area (Å²) in [6.45, 7) is 0.638. The van der Waals surface area contributed by atoms with Crippen LogP contribution in [0.2, 0.25) is 0 Å². The number of aromatic nitrogens is 4. The van der Waals surface area contributed by atoms with Crippen LogP contribution in [-0.4, -0.2) is 38.1 Å². The Balaban J connectivity index is 1.38. The SMILES string of the molecule is O=C(Nc1cnccc1N1CCCCC1=O)c1csc(-n2cc3ccccc3n2)n1. The van der Waals surface area contributed by atoms with Gasteiger partial charge in [0, 0.05) is 36.1 Å². The third kappa shape index (κ3) is 3.43. The van der Waals surface area contributed by atoms with Gasteiger partial charge < -0.3 is 10.2 Å². The number of benzene rings is 1. The van der Waals surface area contributed by atoms with Crippen LogP contribution >= 0.6 is 11.3 Å². The zero-order valence-electron chi connectivity index (χ0n) is 16.0. The fraction of sp³-hybridized carbons (Fsp3) is 0.190. The number of nitrogens with zero attached hydrogens (tertiary/aromatic N) is 5. The van der Waals surface area contributed by atoms with E-state index in [1.807, 2.05) is 30.5 Å². The van der Waals surface area contributed by atoms with Gasteiger partial charge in [-0.05, 0) is 25.0 Å². The first-order chi connectivity index (χ1) is 14.7. The molecule has 5 rings (SSSR count). The van der Waals surface area contributed by atoms with Crippen LogP contribution in [0.3, 0.4) is 0 Å². The lowest BCUT2D eigenvalue weighted by Gasteiger charge is -2.28. The first-order valence-corrected chi connectivity index (χ1v) is 10.5. The second-order valence-corrected chi connectivity index (χ2v) is 7.83. The van der Waals surface area contributed by atoms with Crippen LogP contribution < -0.4 is 10.2 Å². The molecule has 30 heavy (non-hydrogen) atoms. The molecule has 1 N–H and O–H groups in total. The number of hydrogen-bond donors (Lipinski definition) is 1. The van der Waals surface area contributed by atoms with Crippen LogP contribution in [0.15, 0.2) is 54.3 Å². The van der Waals surface area contributed by atoms with Crippen molar-refractivity contribution in [3.05, 3.63) is 60.0 Å². The number of nitrogens with one attached hydrogen (secondary N) is 1. The van der Waals surface area contributed by atoms with Gasteiger partial charge in [0.05, 0.1) is 23.1 Å². The quantitative estimate of drug-likeness (QED) is 0.546. The van der Waals surface area contributed by atoms with E-state index < -0.39 is 0 Å². The minimum absolute atomic E-state index is 0.0599. The van der Waals surface area contributed by atoms with Gasteiger partial charge in [0.2, 0.25) is 11.0 Å². The van der Waals surface area contributed by atoms with Crippen LogP contribution in [0.1, 0.15) is 29.8 Å². The maximum Gasteiger partial charge on any atom is 0.275 e. The van der Waals surface area contributed by atoms with Gasteiger partial charge in [-0.25, -0.2) is 9.67 Å². The van der Waals surface area contributed by atoms with E-state index in [2.05, 4.69) is 20.4 Å². The molecule has 0 bridgehead atoms. The standard InChI is InChI=1S/C21H18N6O2S/c28-19-7-3-4-10-26(19)18-8-9-22-11-16(18)23-20(29)17-13-30-21(24-17)27-12-14-5-1-2-6-15(14)25-27/h1-2,5-6,8-9,11-13H,3-4,7,10H2,(H,23,29). The average molecular weight is 418 g/mol. The summed E-state index contributed by atoms with van der Waals surface area (Å²) in [6, 6.07) is 9.54. The van der Waals surface area contributed by atoms with E-state index in [1.54, 1.807) is 33.4 Å². The first-order valence-electron chi connectivity index (χ1n) is 9.65. The number of hydrogen-bond acceptors (Lipinski definition) is 6. The minimum atomic E-state index is -0.354. The van der Waals surface area contributed by atoms with Crippen LogP contribution in [0.25, 0.3) is 16.0 Å². The van der Waals surface area contributed by atoms with Crippen molar-refractivity contribution in [2.75, 3.05) is 16.8 Å². The summed E-state index contributed by atoms with van der Waals surface area (Å²) in [5.41, 5.74) is 2.31. The number of rotatable bonds is 4. The summed E-state index contributed by atoms with van der Waals surface area (Å²) in [6.07, 6.45) is 7.42. The molecule has 1 aliphatic rings. The molecule has 1 aromatic carbocycles. The Morgan fingerprint density at radius 3 is 2.93 bits per heavy atom. The van der Waals surface area contributed by atoms with Crippen molar-refractivity contribution in [2.45, 2.75) is 19.3 Å². The van der Waals surface area contributed by atoms with Crippen molar-refractivity contribution in [3.8, 4) is 5.13 Å². The van der Waals surface area contributed by atoms with E-state index in [1.165, 1.54) is 11.3 Å². The van der Waals surface area contributed by atoms with Crippen molar-refractivity contribution >= 4 is 45.4 Å². The van der Waals surface area contributed by atoms with Gasteiger partial charge in [-0.3, -0.25) is 14.6 Å². The van der Waals surface area contributed by atoms with E-state index in [-0.39, 0.29) is 17.5 Å². The number of amides is 2. The summed E-state index contributed by atoms with van der Waals surface area (Å²) >= 11 is 1.34. The number of anilines is 2. The molecule has 0 spiro atoms. The van der Waals surface area contributed by atoms with Gasteiger partial charge >= 0.3 is 0 Å². The van der Waals surface area contributed by atoms with Crippen LogP contribution in [-0.2, 0) is 4.79 Å². The summed E-state index contributed by atoms with van der Waals surface area (Å²) in [5, 5.41) is 10.7. The van der Waals surface area contributed by atoms with Crippen LogP contribution in [0.4, 0.5) is 11.4 Å². The summed E-state index contributed by atoms with van der Waals surface area (Å²) in [5.74, 6) is -0.294. The smallest absolute Gasteiger partial charge is 0.275 e. The van der Waals surface area contributed by atoms with E-state index in [0.29, 0.717) is 29.5 Å². The van der Waals surface area contributed by atoms with Crippen molar-refractivity contribution in [1.29, 1.82) is 0 Å². The molecule has 9 heteroatoms. The van der Waals surface area contributed by atoms with Gasteiger partial charge in [0.15, 0.2) is 0 Å². The largest absolute Gasteiger partial charge is 0.317 e. The second-order valence-electron chi connectivity index (χ2n) is 7.00. The lowest BCUT2D eigenvalue weighted by Crippen LogP contribution is -2.36. The van der Waals surface area contributed by atoms with E-state index >= 15 is 0 Å². The molecule has 0 aliphatic carbocycles. The molecule has 8 nitrogen and oxygen atoms in total. The Labute approximate surface area is 176 Å². The number of thiazole rings is 1. The van der Waals surface area contributed by atoms with E-state index in [0.717, 1.165) is 23.7 Å². The van der Waals surface area contributed by atoms with Crippen molar-refractivity contribution in [2.24, 2.45) is 0 Å². The highest BCUT2D eigenvalue weighted by Crippen LogP contribution is 2.29. The molecule has 4 heterocycles. The van der Waals surface area contributed by atoms with Crippen molar-refractivity contribution in [3.63, 3.8) is 0 Å². The minimum Gasteiger partial charge on any atom is -0.317 e.